The van der Waals surface area contributed by atoms with E-state index < -0.39 is 12.7 Å². The topological polar surface area (TPSA) is 38.7 Å². The lowest BCUT2D eigenvalue weighted by atomic mass is 9.83. The van der Waals surface area contributed by atoms with E-state index in [-0.39, 0.29) is 17.4 Å². The highest BCUT2D eigenvalue weighted by Gasteiger charge is 2.24. The van der Waals surface area contributed by atoms with E-state index in [1.807, 2.05) is 0 Å². The summed E-state index contributed by atoms with van der Waals surface area (Å²) in [6, 6.07) is 4.69. The molecular weight excluding hydrogens is 278 g/mol. The minimum Gasteiger partial charge on any atom is -0.490 e. The second-order valence-corrected chi connectivity index (χ2v) is 5.36. The Morgan fingerprint density at radius 2 is 1.90 bits per heavy atom. The maximum atomic E-state index is 12.4. The molecular formula is C16H22F2O3. The van der Waals surface area contributed by atoms with Crippen LogP contribution in [0.1, 0.15) is 50.7 Å². The van der Waals surface area contributed by atoms with Gasteiger partial charge in [-0.3, -0.25) is 0 Å². The van der Waals surface area contributed by atoms with Gasteiger partial charge in [0.15, 0.2) is 11.5 Å². The predicted octanol–water partition coefficient (Wildman–Crippen LogP) is 4.30. The zero-order chi connectivity index (χ0) is 15.2. The molecule has 1 aliphatic carbocycles. The molecule has 21 heavy (non-hydrogen) atoms. The molecule has 1 N–H and O–H groups in total. The van der Waals surface area contributed by atoms with Gasteiger partial charge in [-0.05, 0) is 43.4 Å². The van der Waals surface area contributed by atoms with Crippen LogP contribution in [-0.4, -0.2) is 18.3 Å². The first-order chi connectivity index (χ1) is 10.1. The number of rotatable bonds is 6. The number of hydrogen-bond donors (Lipinski definition) is 1. The standard InChI is InChI=1S/C16H22F2O3/c1-2-20-14-10-12(8-9-13(14)21-16(17)18)15(19)11-6-4-3-5-7-11/h8-11,15-16,19H,2-7H2,1H3. The minimum atomic E-state index is -2.89. The van der Waals surface area contributed by atoms with Gasteiger partial charge in [-0.25, -0.2) is 0 Å². The lowest BCUT2D eigenvalue weighted by Crippen LogP contribution is -2.16. The maximum absolute atomic E-state index is 12.4. The van der Waals surface area contributed by atoms with Crippen molar-refractivity contribution in [1.82, 2.24) is 0 Å². The summed E-state index contributed by atoms with van der Waals surface area (Å²) in [5, 5.41) is 10.5. The van der Waals surface area contributed by atoms with Crippen LogP contribution in [0.2, 0.25) is 0 Å². The Morgan fingerprint density at radius 3 is 2.52 bits per heavy atom. The van der Waals surface area contributed by atoms with Crippen molar-refractivity contribution in [3.63, 3.8) is 0 Å². The van der Waals surface area contributed by atoms with Gasteiger partial charge in [-0.1, -0.05) is 25.3 Å². The van der Waals surface area contributed by atoms with E-state index in [4.69, 9.17) is 4.74 Å². The van der Waals surface area contributed by atoms with Gasteiger partial charge in [0.25, 0.3) is 0 Å². The van der Waals surface area contributed by atoms with E-state index in [9.17, 15) is 13.9 Å². The van der Waals surface area contributed by atoms with Crippen molar-refractivity contribution in [1.29, 1.82) is 0 Å². The molecule has 0 bridgehead atoms. The Kier molecular flexibility index (Phi) is 5.79. The molecule has 118 valence electrons. The zero-order valence-corrected chi connectivity index (χ0v) is 12.2. The summed E-state index contributed by atoms with van der Waals surface area (Å²) in [4.78, 5) is 0. The summed E-state index contributed by atoms with van der Waals surface area (Å²) in [6.07, 6.45) is 4.90. The Labute approximate surface area is 123 Å². The Balaban J connectivity index is 2.17. The average Bonchev–Trinajstić information content (AvgIpc) is 2.49. The number of ether oxygens (including phenoxy) is 2. The van der Waals surface area contributed by atoms with Gasteiger partial charge >= 0.3 is 6.61 Å². The Hall–Kier alpha value is -1.36. The second kappa shape index (κ2) is 7.59. The highest BCUT2D eigenvalue weighted by molar-refractivity contribution is 5.43. The fourth-order valence-corrected chi connectivity index (χ4v) is 2.89. The maximum Gasteiger partial charge on any atom is 0.387 e. The SMILES string of the molecule is CCOc1cc(C(O)C2CCCCC2)ccc1OC(F)F. The van der Waals surface area contributed by atoms with E-state index in [1.54, 1.807) is 19.1 Å². The second-order valence-electron chi connectivity index (χ2n) is 5.36. The van der Waals surface area contributed by atoms with Crippen molar-refractivity contribution in [3.8, 4) is 11.5 Å². The third-order valence-corrected chi connectivity index (χ3v) is 3.92. The van der Waals surface area contributed by atoms with Crippen LogP contribution < -0.4 is 9.47 Å². The number of benzene rings is 1. The van der Waals surface area contributed by atoms with Gasteiger partial charge in [0.1, 0.15) is 0 Å². The molecule has 1 aromatic carbocycles. The number of alkyl halides is 2. The first kappa shape index (κ1) is 16.0. The number of halogens is 2. The van der Waals surface area contributed by atoms with Crippen molar-refractivity contribution < 1.29 is 23.4 Å². The molecule has 1 atom stereocenters. The third kappa shape index (κ3) is 4.30. The number of hydrogen-bond acceptors (Lipinski definition) is 3. The number of aliphatic hydroxyl groups excluding tert-OH is 1. The van der Waals surface area contributed by atoms with Gasteiger partial charge in [-0.2, -0.15) is 8.78 Å². The van der Waals surface area contributed by atoms with Crippen LogP contribution in [0, 0.1) is 5.92 Å². The first-order valence-electron chi connectivity index (χ1n) is 7.51. The molecule has 0 aromatic heterocycles. The van der Waals surface area contributed by atoms with E-state index >= 15 is 0 Å². The van der Waals surface area contributed by atoms with E-state index in [2.05, 4.69) is 4.74 Å². The molecule has 1 fully saturated rings. The monoisotopic (exact) mass is 300 g/mol. The van der Waals surface area contributed by atoms with Crippen LogP contribution in [0.25, 0.3) is 0 Å². The fraction of sp³-hybridized carbons (Fsp3) is 0.625. The van der Waals surface area contributed by atoms with Gasteiger partial charge < -0.3 is 14.6 Å². The predicted molar refractivity (Wildman–Crippen MR) is 75.8 cm³/mol. The van der Waals surface area contributed by atoms with Crippen LogP contribution in [0.4, 0.5) is 8.78 Å². The normalized spacial score (nSPS) is 17.8. The summed E-state index contributed by atoms with van der Waals surface area (Å²) in [5.41, 5.74) is 0.701. The van der Waals surface area contributed by atoms with Gasteiger partial charge in [0.05, 0.1) is 12.7 Å². The minimum absolute atomic E-state index is 0.00597. The molecule has 2 rings (SSSR count). The molecule has 1 saturated carbocycles. The molecule has 3 nitrogen and oxygen atoms in total. The molecule has 0 radical (unpaired) electrons. The molecule has 0 heterocycles. The Morgan fingerprint density at radius 1 is 1.19 bits per heavy atom. The molecule has 1 aliphatic rings. The lowest BCUT2D eigenvalue weighted by molar-refractivity contribution is -0.0514. The zero-order valence-electron chi connectivity index (χ0n) is 12.2. The molecule has 5 heteroatoms. The summed E-state index contributed by atoms with van der Waals surface area (Å²) in [7, 11) is 0. The molecule has 0 saturated heterocycles. The average molecular weight is 300 g/mol. The van der Waals surface area contributed by atoms with E-state index in [0.717, 1.165) is 25.7 Å². The van der Waals surface area contributed by atoms with Crippen LogP contribution >= 0.6 is 0 Å². The smallest absolute Gasteiger partial charge is 0.387 e. The van der Waals surface area contributed by atoms with Gasteiger partial charge in [-0.15, -0.1) is 0 Å². The molecule has 0 spiro atoms. The van der Waals surface area contributed by atoms with Crippen molar-refractivity contribution in [2.75, 3.05) is 6.61 Å². The van der Waals surface area contributed by atoms with Crippen molar-refractivity contribution in [2.24, 2.45) is 5.92 Å². The molecule has 0 amide bonds. The van der Waals surface area contributed by atoms with Crippen molar-refractivity contribution in [3.05, 3.63) is 23.8 Å². The molecule has 1 unspecified atom stereocenters. The van der Waals surface area contributed by atoms with Gasteiger partial charge in [0, 0.05) is 0 Å². The van der Waals surface area contributed by atoms with Crippen LogP contribution in [0.15, 0.2) is 18.2 Å². The fourth-order valence-electron chi connectivity index (χ4n) is 2.89. The van der Waals surface area contributed by atoms with Crippen molar-refractivity contribution in [2.45, 2.75) is 51.7 Å². The highest BCUT2D eigenvalue weighted by Crippen LogP contribution is 2.38. The largest absolute Gasteiger partial charge is 0.490 e. The summed E-state index contributed by atoms with van der Waals surface area (Å²) < 4.78 is 34.5. The van der Waals surface area contributed by atoms with E-state index in [0.29, 0.717) is 12.2 Å². The third-order valence-electron chi connectivity index (χ3n) is 3.92. The lowest BCUT2D eigenvalue weighted by Gasteiger charge is -2.27. The first-order valence-corrected chi connectivity index (χ1v) is 7.51. The highest BCUT2D eigenvalue weighted by atomic mass is 19.3. The van der Waals surface area contributed by atoms with Crippen LogP contribution in [0.5, 0.6) is 11.5 Å². The summed E-state index contributed by atoms with van der Waals surface area (Å²) in [6.45, 7) is -0.766. The van der Waals surface area contributed by atoms with Crippen LogP contribution in [0.3, 0.4) is 0 Å². The summed E-state index contributed by atoms with van der Waals surface area (Å²) in [5.74, 6) is 0.492. The van der Waals surface area contributed by atoms with E-state index in [1.165, 1.54) is 12.5 Å². The van der Waals surface area contributed by atoms with Crippen LogP contribution in [-0.2, 0) is 0 Å². The molecule has 1 aromatic rings. The van der Waals surface area contributed by atoms with Crippen molar-refractivity contribution >= 4 is 0 Å². The molecule has 0 aliphatic heterocycles. The quantitative estimate of drug-likeness (QED) is 0.851. The van der Waals surface area contributed by atoms with Gasteiger partial charge in [0.2, 0.25) is 0 Å². The number of aliphatic hydroxyl groups is 1. The Bertz CT molecular complexity index is 445. The summed E-state index contributed by atoms with van der Waals surface area (Å²) >= 11 is 0.